The molecule has 1 aromatic rings. The van der Waals surface area contributed by atoms with Crippen LogP contribution in [0.2, 0.25) is 0 Å². The van der Waals surface area contributed by atoms with Gasteiger partial charge in [0.05, 0.1) is 6.42 Å². The zero-order chi connectivity index (χ0) is 16.9. The molecule has 2 amide bonds. The van der Waals surface area contributed by atoms with Gasteiger partial charge in [-0.15, -0.1) is 0 Å². The second kappa shape index (κ2) is 7.79. The topological polar surface area (TPSA) is 61.4 Å². The zero-order valence-electron chi connectivity index (χ0n) is 14.3. The molecule has 2 saturated heterocycles. The van der Waals surface area contributed by atoms with Crippen LogP contribution in [0.15, 0.2) is 30.3 Å². The van der Waals surface area contributed by atoms with Crippen LogP contribution in [0.25, 0.3) is 0 Å². The van der Waals surface area contributed by atoms with Crippen LogP contribution in [0.1, 0.15) is 31.7 Å². The highest BCUT2D eigenvalue weighted by Gasteiger charge is 2.35. The SMILES string of the molecule is CC1CCNCC1NC(=O)C1CCCN1C(=O)Cc1ccccc1. The number of piperidine rings is 1. The fourth-order valence-corrected chi connectivity index (χ4v) is 3.67. The Hall–Kier alpha value is -1.88. The van der Waals surface area contributed by atoms with E-state index in [0.717, 1.165) is 37.9 Å². The van der Waals surface area contributed by atoms with Crippen molar-refractivity contribution in [1.82, 2.24) is 15.5 Å². The van der Waals surface area contributed by atoms with Crippen molar-refractivity contribution in [2.24, 2.45) is 5.92 Å². The van der Waals surface area contributed by atoms with Gasteiger partial charge < -0.3 is 15.5 Å². The highest BCUT2D eigenvalue weighted by molar-refractivity contribution is 5.89. The molecule has 5 heteroatoms. The molecule has 0 bridgehead atoms. The smallest absolute Gasteiger partial charge is 0.243 e. The third-order valence-electron chi connectivity index (χ3n) is 5.23. The van der Waals surface area contributed by atoms with Gasteiger partial charge in [-0.25, -0.2) is 0 Å². The maximum atomic E-state index is 12.7. The lowest BCUT2D eigenvalue weighted by atomic mass is 9.94. The van der Waals surface area contributed by atoms with Crippen LogP contribution < -0.4 is 10.6 Å². The number of nitrogens with one attached hydrogen (secondary N) is 2. The average molecular weight is 329 g/mol. The Kier molecular flexibility index (Phi) is 5.51. The first kappa shape index (κ1) is 17.0. The van der Waals surface area contributed by atoms with E-state index in [-0.39, 0.29) is 23.9 Å². The molecule has 3 unspecified atom stereocenters. The minimum absolute atomic E-state index is 0.00876. The molecule has 24 heavy (non-hydrogen) atoms. The van der Waals surface area contributed by atoms with Crippen LogP contribution in [0.3, 0.4) is 0 Å². The Labute approximate surface area is 143 Å². The average Bonchev–Trinajstić information content (AvgIpc) is 3.08. The first-order chi connectivity index (χ1) is 11.6. The number of carbonyl (C=O) groups excluding carboxylic acids is 2. The largest absolute Gasteiger partial charge is 0.350 e. The van der Waals surface area contributed by atoms with Crippen LogP contribution in [-0.4, -0.2) is 48.4 Å². The lowest BCUT2D eigenvalue weighted by molar-refractivity contribution is -0.138. The zero-order valence-corrected chi connectivity index (χ0v) is 14.3. The first-order valence-corrected chi connectivity index (χ1v) is 8.99. The van der Waals surface area contributed by atoms with E-state index in [1.54, 1.807) is 4.90 Å². The summed E-state index contributed by atoms with van der Waals surface area (Å²) in [6, 6.07) is 9.59. The summed E-state index contributed by atoms with van der Waals surface area (Å²) in [5.74, 6) is 0.535. The molecule has 1 aromatic carbocycles. The fourth-order valence-electron chi connectivity index (χ4n) is 3.67. The van der Waals surface area contributed by atoms with E-state index in [2.05, 4.69) is 17.6 Å². The van der Waals surface area contributed by atoms with E-state index < -0.39 is 0 Å². The molecule has 0 aliphatic carbocycles. The molecule has 0 radical (unpaired) electrons. The number of hydrogen-bond donors (Lipinski definition) is 2. The minimum Gasteiger partial charge on any atom is -0.350 e. The van der Waals surface area contributed by atoms with E-state index in [9.17, 15) is 9.59 Å². The van der Waals surface area contributed by atoms with Crippen molar-refractivity contribution < 1.29 is 9.59 Å². The summed E-state index contributed by atoms with van der Waals surface area (Å²) in [7, 11) is 0. The normalized spacial score (nSPS) is 27.0. The van der Waals surface area contributed by atoms with Gasteiger partial charge in [0.15, 0.2) is 0 Å². The maximum Gasteiger partial charge on any atom is 0.243 e. The van der Waals surface area contributed by atoms with Gasteiger partial charge in [-0.1, -0.05) is 37.3 Å². The third-order valence-corrected chi connectivity index (χ3v) is 5.23. The van der Waals surface area contributed by atoms with Gasteiger partial charge in [0.25, 0.3) is 0 Å². The van der Waals surface area contributed by atoms with E-state index in [4.69, 9.17) is 0 Å². The predicted molar refractivity (Wildman–Crippen MR) is 93.5 cm³/mol. The number of carbonyl (C=O) groups is 2. The van der Waals surface area contributed by atoms with Crippen LogP contribution in [0.5, 0.6) is 0 Å². The number of rotatable bonds is 4. The van der Waals surface area contributed by atoms with Crippen molar-refractivity contribution in [3.63, 3.8) is 0 Å². The Balaban J connectivity index is 1.59. The molecule has 0 spiro atoms. The van der Waals surface area contributed by atoms with E-state index in [1.165, 1.54) is 0 Å². The summed E-state index contributed by atoms with van der Waals surface area (Å²) in [5.41, 5.74) is 0.999. The van der Waals surface area contributed by atoms with E-state index >= 15 is 0 Å². The summed E-state index contributed by atoms with van der Waals surface area (Å²) in [6.45, 7) is 4.69. The molecule has 130 valence electrons. The summed E-state index contributed by atoms with van der Waals surface area (Å²) in [4.78, 5) is 27.1. The van der Waals surface area contributed by atoms with Gasteiger partial charge in [0.2, 0.25) is 11.8 Å². The Morgan fingerprint density at radius 3 is 2.79 bits per heavy atom. The van der Waals surface area contributed by atoms with Crippen molar-refractivity contribution in [1.29, 1.82) is 0 Å². The minimum atomic E-state index is -0.310. The maximum absolute atomic E-state index is 12.7. The quantitative estimate of drug-likeness (QED) is 0.876. The molecule has 5 nitrogen and oxygen atoms in total. The second-order valence-corrected chi connectivity index (χ2v) is 6.99. The van der Waals surface area contributed by atoms with Crippen LogP contribution in [-0.2, 0) is 16.0 Å². The monoisotopic (exact) mass is 329 g/mol. The van der Waals surface area contributed by atoms with Gasteiger partial charge in [0, 0.05) is 19.1 Å². The van der Waals surface area contributed by atoms with Crippen molar-refractivity contribution in [3.8, 4) is 0 Å². The molecule has 3 rings (SSSR count). The standard InChI is InChI=1S/C19H27N3O2/c1-14-9-10-20-13-16(14)21-19(24)17-8-5-11-22(17)18(23)12-15-6-3-2-4-7-15/h2-4,6-7,14,16-17,20H,5,8-13H2,1H3,(H,21,24). The molecule has 2 N–H and O–H groups in total. The predicted octanol–water partition coefficient (Wildman–Crippen LogP) is 1.33. The van der Waals surface area contributed by atoms with Crippen LogP contribution in [0.4, 0.5) is 0 Å². The van der Waals surface area contributed by atoms with Crippen LogP contribution in [0, 0.1) is 5.92 Å². The molecule has 0 aromatic heterocycles. The van der Waals surface area contributed by atoms with Gasteiger partial charge in [0.1, 0.15) is 6.04 Å². The second-order valence-electron chi connectivity index (χ2n) is 6.99. The van der Waals surface area contributed by atoms with Crippen molar-refractivity contribution in [2.45, 2.75) is 44.7 Å². The highest BCUT2D eigenvalue weighted by Crippen LogP contribution is 2.20. The van der Waals surface area contributed by atoms with Gasteiger partial charge in [-0.2, -0.15) is 0 Å². The number of nitrogens with zero attached hydrogens (tertiary/aromatic N) is 1. The van der Waals surface area contributed by atoms with Crippen molar-refractivity contribution >= 4 is 11.8 Å². The first-order valence-electron chi connectivity index (χ1n) is 8.99. The summed E-state index contributed by atoms with van der Waals surface area (Å²) in [5, 5.41) is 6.50. The summed E-state index contributed by atoms with van der Waals surface area (Å²) >= 11 is 0. The fraction of sp³-hybridized carbons (Fsp3) is 0.579. The molecule has 2 fully saturated rings. The van der Waals surface area contributed by atoms with Crippen molar-refractivity contribution in [3.05, 3.63) is 35.9 Å². The molecule has 3 atom stereocenters. The van der Waals surface area contributed by atoms with Gasteiger partial charge in [-0.05, 0) is 37.3 Å². The summed E-state index contributed by atoms with van der Waals surface area (Å²) < 4.78 is 0. The van der Waals surface area contributed by atoms with Crippen molar-refractivity contribution in [2.75, 3.05) is 19.6 Å². The van der Waals surface area contributed by atoms with Gasteiger partial charge in [-0.3, -0.25) is 9.59 Å². The van der Waals surface area contributed by atoms with Crippen LogP contribution >= 0.6 is 0 Å². The molecule has 0 saturated carbocycles. The lowest BCUT2D eigenvalue weighted by Gasteiger charge is -2.32. The Morgan fingerprint density at radius 2 is 2.04 bits per heavy atom. The number of amides is 2. The lowest BCUT2D eigenvalue weighted by Crippen LogP contribution is -2.55. The van der Waals surface area contributed by atoms with Gasteiger partial charge >= 0.3 is 0 Å². The number of likely N-dealkylation sites (tertiary alicyclic amines) is 1. The molecule has 2 aliphatic heterocycles. The molecule has 2 heterocycles. The van der Waals surface area contributed by atoms with E-state index in [0.29, 0.717) is 18.9 Å². The molecule has 2 aliphatic rings. The number of hydrogen-bond acceptors (Lipinski definition) is 3. The van der Waals surface area contributed by atoms with E-state index in [1.807, 2.05) is 30.3 Å². The third kappa shape index (κ3) is 3.96. The summed E-state index contributed by atoms with van der Waals surface area (Å²) in [6.07, 6.45) is 3.11. The Morgan fingerprint density at radius 1 is 1.25 bits per heavy atom. The Bertz CT molecular complexity index is 575. The highest BCUT2D eigenvalue weighted by atomic mass is 16.2. The molecular weight excluding hydrogens is 302 g/mol. The molecular formula is C19H27N3O2. The number of benzene rings is 1.